The lowest BCUT2D eigenvalue weighted by Gasteiger charge is -2.04. The number of carbonyl (C=O) groups excluding carboxylic acids is 1. The summed E-state index contributed by atoms with van der Waals surface area (Å²) in [5.74, 6) is -0.00447. The largest absolute Gasteiger partial charge is 0.350 e. The van der Waals surface area contributed by atoms with E-state index in [1.165, 1.54) is 11.3 Å². The Hall–Kier alpha value is -0.100. The van der Waals surface area contributed by atoms with Crippen molar-refractivity contribution >= 4 is 45.6 Å². The van der Waals surface area contributed by atoms with E-state index in [9.17, 15) is 4.79 Å². The Morgan fingerprint density at radius 1 is 1.44 bits per heavy atom. The molecule has 0 fully saturated rings. The van der Waals surface area contributed by atoms with E-state index < -0.39 is 0 Å². The van der Waals surface area contributed by atoms with Gasteiger partial charge in [-0.05, 0) is 40.3 Å². The van der Waals surface area contributed by atoms with Crippen molar-refractivity contribution in [2.24, 2.45) is 0 Å². The highest BCUT2D eigenvalue weighted by molar-refractivity contribution is 9.10. The zero-order chi connectivity index (χ0) is 11.1. The van der Waals surface area contributed by atoms with Crippen molar-refractivity contribution in [3.63, 3.8) is 0 Å². The zero-order valence-corrected chi connectivity index (χ0v) is 12.3. The van der Waals surface area contributed by atoms with Gasteiger partial charge in [0.15, 0.2) is 0 Å². The molecular formula is C10H16BrClN2OS. The van der Waals surface area contributed by atoms with Gasteiger partial charge in [0.1, 0.15) is 4.88 Å². The van der Waals surface area contributed by atoms with Gasteiger partial charge in [-0.1, -0.05) is 6.92 Å². The predicted octanol–water partition coefficient (Wildman–Crippen LogP) is 2.66. The van der Waals surface area contributed by atoms with Gasteiger partial charge in [-0.3, -0.25) is 4.79 Å². The molecular weight excluding hydrogens is 312 g/mol. The fraction of sp³-hybridized carbons (Fsp3) is 0.500. The van der Waals surface area contributed by atoms with Crippen molar-refractivity contribution in [2.45, 2.75) is 13.3 Å². The van der Waals surface area contributed by atoms with Crippen LogP contribution in [0, 0.1) is 0 Å². The molecule has 16 heavy (non-hydrogen) atoms. The normalized spacial score (nSPS) is 9.62. The average Bonchev–Trinajstić information content (AvgIpc) is 2.64. The molecule has 6 heteroatoms. The molecule has 92 valence electrons. The Bertz CT molecular complexity index is 320. The van der Waals surface area contributed by atoms with E-state index in [-0.39, 0.29) is 18.3 Å². The lowest BCUT2D eigenvalue weighted by atomic mass is 10.4. The summed E-state index contributed by atoms with van der Waals surface area (Å²) in [5.41, 5.74) is 0. The van der Waals surface area contributed by atoms with Gasteiger partial charge in [0.25, 0.3) is 5.91 Å². The first-order chi connectivity index (χ1) is 7.25. The predicted molar refractivity (Wildman–Crippen MR) is 74.8 cm³/mol. The van der Waals surface area contributed by atoms with E-state index in [2.05, 4.69) is 33.5 Å². The molecule has 0 aliphatic carbocycles. The van der Waals surface area contributed by atoms with Crippen LogP contribution in [-0.2, 0) is 0 Å². The Morgan fingerprint density at radius 3 is 2.75 bits per heavy atom. The third-order valence-corrected chi connectivity index (χ3v) is 3.67. The van der Waals surface area contributed by atoms with Crippen LogP contribution < -0.4 is 10.6 Å². The van der Waals surface area contributed by atoms with Crippen LogP contribution in [0.4, 0.5) is 0 Å². The topological polar surface area (TPSA) is 41.1 Å². The number of carbonyl (C=O) groups is 1. The van der Waals surface area contributed by atoms with Crippen molar-refractivity contribution in [3.05, 3.63) is 20.8 Å². The molecule has 0 saturated heterocycles. The van der Waals surface area contributed by atoms with Crippen LogP contribution in [0.3, 0.4) is 0 Å². The van der Waals surface area contributed by atoms with E-state index in [0.717, 1.165) is 28.9 Å². The highest BCUT2D eigenvalue weighted by Gasteiger charge is 2.09. The van der Waals surface area contributed by atoms with Gasteiger partial charge in [0.2, 0.25) is 0 Å². The van der Waals surface area contributed by atoms with E-state index in [4.69, 9.17) is 0 Å². The minimum atomic E-state index is -0.00447. The lowest BCUT2D eigenvalue weighted by Crippen LogP contribution is -2.31. The third kappa shape index (κ3) is 5.30. The SMILES string of the molecule is CCCNCCNC(=O)c1sccc1Br.Cl. The molecule has 0 radical (unpaired) electrons. The summed E-state index contributed by atoms with van der Waals surface area (Å²) in [7, 11) is 0. The fourth-order valence-electron chi connectivity index (χ4n) is 1.10. The summed E-state index contributed by atoms with van der Waals surface area (Å²) >= 11 is 4.78. The molecule has 0 bridgehead atoms. The van der Waals surface area contributed by atoms with Gasteiger partial charge >= 0.3 is 0 Å². The first kappa shape index (κ1) is 15.9. The van der Waals surface area contributed by atoms with E-state index in [0.29, 0.717) is 6.54 Å². The molecule has 0 unspecified atom stereocenters. The number of amides is 1. The highest BCUT2D eigenvalue weighted by atomic mass is 79.9. The number of hydrogen-bond donors (Lipinski definition) is 2. The molecule has 1 aromatic heterocycles. The molecule has 0 aliphatic rings. The monoisotopic (exact) mass is 326 g/mol. The number of rotatable bonds is 6. The van der Waals surface area contributed by atoms with Crippen LogP contribution in [0.15, 0.2) is 15.9 Å². The van der Waals surface area contributed by atoms with Gasteiger partial charge in [-0.25, -0.2) is 0 Å². The Balaban J connectivity index is 0.00000225. The minimum Gasteiger partial charge on any atom is -0.350 e. The maximum absolute atomic E-state index is 11.6. The number of hydrogen-bond acceptors (Lipinski definition) is 3. The maximum Gasteiger partial charge on any atom is 0.262 e. The second-order valence-electron chi connectivity index (χ2n) is 3.10. The van der Waals surface area contributed by atoms with E-state index >= 15 is 0 Å². The molecule has 0 aliphatic heterocycles. The van der Waals surface area contributed by atoms with Gasteiger partial charge in [0, 0.05) is 17.6 Å². The molecule has 0 spiro atoms. The van der Waals surface area contributed by atoms with E-state index in [1.54, 1.807) is 0 Å². The fourth-order valence-corrected chi connectivity index (χ4v) is 2.57. The Labute approximate surface area is 115 Å². The Kier molecular flexibility index (Phi) is 8.93. The second kappa shape index (κ2) is 8.98. The van der Waals surface area contributed by atoms with Gasteiger partial charge in [0.05, 0.1) is 0 Å². The summed E-state index contributed by atoms with van der Waals surface area (Å²) in [6, 6.07) is 1.88. The van der Waals surface area contributed by atoms with Gasteiger partial charge in [-0.2, -0.15) is 0 Å². The number of halogens is 2. The minimum absolute atomic E-state index is 0. The molecule has 1 rings (SSSR count). The summed E-state index contributed by atoms with van der Waals surface area (Å²) < 4.78 is 0.867. The zero-order valence-electron chi connectivity index (χ0n) is 9.09. The first-order valence-electron chi connectivity index (χ1n) is 4.97. The van der Waals surface area contributed by atoms with E-state index in [1.807, 2.05) is 11.4 Å². The molecule has 1 aromatic rings. The first-order valence-corrected chi connectivity index (χ1v) is 6.65. The molecule has 0 atom stereocenters. The van der Waals surface area contributed by atoms with Gasteiger partial charge in [-0.15, -0.1) is 23.7 Å². The third-order valence-electron chi connectivity index (χ3n) is 1.84. The molecule has 2 N–H and O–H groups in total. The Morgan fingerprint density at radius 2 is 2.19 bits per heavy atom. The molecule has 1 amide bonds. The summed E-state index contributed by atoms with van der Waals surface area (Å²) in [6.45, 7) is 4.61. The molecule has 0 saturated carbocycles. The van der Waals surface area contributed by atoms with Crippen molar-refractivity contribution in [1.29, 1.82) is 0 Å². The maximum atomic E-state index is 11.6. The molecule has 0 aromatic carbocycles. The van der Waals surface area contributed by atoms with Crippen LogP contribution in [0.1, 0.15) is 23.0 Å². The van der Waals surface area contributed by atoms with Crippen LogP contribution in [0.25, 0.3) is 0 Å². The van der Waals surface area contributed by atoms with Crippen LogP contribution in [-0.4, -0.2) is 25.5 Å². The second-order valence-corrected chi connectivity index (χ2v) is 4.87. The molecule has 1 heterocycles. The summed E-state index contributed by atoms with van der Waals surface area (Å²) in [4.78, 5) is 12.3. The van der Waals surface area contributed by atoms with Gasteiger partial charge < -0.3 is 10.6 Å². The van der Waals surface area contributed by atoms with Crippen LogP contribution >= 0.6 is 39.7 Å². The van der Waals surface area contributed by atoms with Crippen LogP contribution in [0.5, 0.6) is 0 Å². The van der Waals surface area contributed by atoms with Crippen LogP contribution in [0.2, 0.25) is 0 Å². The number of nitrogens with one attached hydrogen (secondary N) is 2. The molecule has 3 nitrogen and oxygen atoms in total. The highest BCUT2D eigenvalue weighted by Crippen LogP contribution is 2.21. The lowest BCUT2D eigenvalue weighted by molar-refractivity contribution is 0.0957. The van der Waals surface area contributed by atoms with Crippen molar-refractivity contribution in [2.75, 3.05) is 19.6 Å². The summed E-state index contributed by atoms with van der Waals surface area (Å²) in [5, 5.41) is 7.99. The number of thiophene rings is 1. The van der Waals surface area contributed by atoms with Crippen molar-refractivity contribution in [3.8, 4) is 0 Å². The smallest absolute Gasteiger partial charge is 0.262 e. The quantitative estimate of drug-likeness (QED) is 0.789. The summed E-state index contributed by atoms with van der Waals surface area (Å²) in [6.07, 6.45) is 1.12. The standard InChI is InChI=1S/C10H15BrN2OS.ClH/c1-2-4-12-5-6-13-10(14)9-8(11)3-7-15-9;/h3,7,12H,2,4-6H2,1H3,(H,13,14);1H. The van der Waals surface area contributed by atoms with Crippen molar-refractivity contribution in [1.82, 2.24) is 10.6 Å². The van der Waals surface area contributed by atoms with Crippen molar-refractivity contribution < 1.29 is 4.79 Å². The average molecular weight is 328 g/mol.